The summed E-state index contributed by atoms with van der Waals surface area (Å²) < 4.78 is 30.4. The summed E-state index contributed by atoms with van der Waals surface area (Å²) in [5, 5.41) is 23.2. The van der Waals surface area contributed by atoms with Crippen LogP contribution in [0.3, 0.4) is 0 Å². The number of aromatic nitrogens is 2. The van der Waals surface area contributed by atoms with Crippen LogP contribution >= 0.6 is 22.9 Å². The molecule has 2 aromatic heterocycles. The largest absolute Gasteiger partial charge is 0.399 e. The summed E-state index contributed by atoms with van der Waals surface area (Å²) in [5.41, 5.74) is 25.6. The standard InChI is InChI=1S/C20H21ClN4O2S2.C15H16N2O3.C15H20N2.C10H9NO3.C6H11N/c1-12-9-13-3-4-15(10-16(13)17(12)14-5-6-24(2)11-14)23-29(26,27)19-18(21)22-20-25(19)7-8-28-20;1-9-7-10-3-4-11(17(19)20)8-13(10)14(9)12-5-6-16(2)15(12)18;1-10-7-11-3-4-13(16)8-14(11)15(10)12-5-6-17(2)9-12;1-6-4-7-2-3-8(11(13)14)5-9(7)10(6)12;1-6-4-3-5-7(6)2/h3-4,7-8,10,14,23H,5-6,9,11H2,1-2H3;3-4,8,12H,5-7H2,1-2H3;3-4,8,12H,5-7,9,16H2,1-2H3;2-3,5-6H,4H2,1H3;1,3-5H2,2H3. The number of carbonyl (C=O) groups excluding carboxylic acids is 2. The summed E-state index contributed by atoms with van der Waals surface area (Å²) in [5.74, 6) is 1.18. The van der Waals surface area contributed by atoms with Crippen molar-refractivity contribution in [1.29, 1.82) is 0 Å². The molecule has 87 heavy (non-hydrogen) atoms. The highest BCUT2D eigenvalue weighted by molar-refractivity contribution is 7.92. The molecule has 0 spiro atoms. The minimum atomic E-state index is -3.87. The molecule has 4 unspecified atom stereocenters. The summed E-state index contributed by atoms with van der Waals surface area (Å²) in [4.78, 5) is 57.7. The predicted molar refractivity (Wildman–Crippen MR) is 346 cm³/mol. The third-order valence-electron chi connectivity index (χ3n) is 18.3. The van der Waals surface area contributed by atoms with Crippen molar-refractivity contribution >= 4 is 89.1 Å². The number of halogens is 1. The van der Waals surface area contributed by atoms with Crippen LogP contribution in [0.25, 0.3) is 21.7 Å². The number of amides is 1. The molecule has 0 radical (unpaired) electrons. The highest BCUT2D eigenvalue weighted by atomic mass is 35.5. The quantitative estimate of drug-likeness (QED) is 0.0823. The molecule has 0 bridgehead atoms. The summed E-state index contributed by atoms with van der Waals surface area (Å²) in [6.07, 6.45) is 10.9. The highest BCUT2D eigenvalue weighted by Crippen LogP contribution is 2.45. The van der Waals surface area contributed by atoms with Crippen molar-refractivity contribution in [3.63, 3.8) is 0 Å². The number of thiazole rings is 1. The number of carbonyl (C=O) groups is 2. The number of anilines is 2. The Balaban J connectivity index is 0.000000128. The number of non-ortho nitro benzene ring substituents is 2. The van der Waals surface area contributed by atoms with E-state index in [1.54, 1.807) is 39.8 Å². The van der Waals surface area contributed by atoms with Crippen LogP contribution in [0.4, 0.5) is 22.7 Å². The van der Waals surface area contributed by atoms with Gasteiger partial charge < -0.3 is 25.3 Å². The smallest absolute Gasteiger partial charge is 0.281 e. The van der Waals surface area contributed by atoms with E-state index >= 15 is 0 Å². The molecule has 1 amide bonds. The van der Waals surface area contributed by atoms with Gasteiger partial charge in [-0.25, -0.2) is 4.98 Å². The number of sulfonamides is 1. The Morgan fingerprint density at radius 3 is 1.76 bits per heavy atom. The number of ketones is 1. The van der Waals surface area contributed by atoms with Crippen molar-refractivity contribution in [2.75, 3.05) is 77.9 Å². The maximum absolute atomic E-state index is 13.1. The molecule has 6 heterocycles. The summed E-state index contributed by atoms with van der Waals surface area (Å²) in [7, 11) is 4.39. The third-order valence-corrected chi connectivity index (χ3v) is 20.8. The van der Waals surface area contributed by atoms with Gasteiger partial charge in [0.05, 0.1) is 15.8 Å². The molecule has 4 aliphatic heterocycles. The predicted octanol–water partition coefficient (Wildman–Crippen LogP) is 12.3. The number of hydrogen-bond acceptors (Lipinski definition) is 14. The van der Waals surface area contributed by atoms with E-state index in [0.29, 0.717) is 34.5 Å². The average Bonchev–Trinajstić information content (AvgIpc) is 2.39. The van der Waals surface area contributed by atoms with Gasteiger partial charge in [0, 0.05) is 105 Å². The lowest BCUT2D eigenvalue weighted by Crippen LogP contribution is -2.23. The van der Waals surface area contributed by atoms with Gasteiger partial charge in [0.1, 0.15) is 0 Å². The minimum absolute atomic E-state index is 0.00815. The molecule has 4 aliphatic carbocycles. The van der Waals surface area contributed by atoms with E-state index in [1.807, 2.05) is 51.2 Å². The zero-order valence-corrected chi connectivity index (χ0v) is 53.2. The first-order valence-corrected chi connectivity index (χ1v) is 32.5. The normalized spacial score (nSPS) is 21.3. The van der Waals surface area contributed by atoms with Crippen LogP contribution in [0.5, 0.6) is 0 Å². The van der Waals surface area contributed by atoms with Gasteiger partial charge in [-0.15, -0.1) is 11.3 Å². The molecule has 21 heteroatoms. The Bertz CT molecular complexity index is 3980. The van der Waals surface area contributed by atoms with Crippen LogP contribution in [0.1, 0.15) is 109 Å². The van der Waals surface area contributed by atoms with Crippen molar-refractivity contribution in [3.05, 3.63) is 183 Å². The molecule has 14 rings (SSSR count). The molecular weight excluding hydrogens is 1160 g/mol. The highest BCUT2D eigenvalue weighted by Gasteiger charge is 2.38. The third kappa shape index (κ3) is 13.2. The fourth-order valence-corrected chi connectivity index (χ4v) is 16.3. The molecule has 3 N–H and O–H groups in total. The molecule has 8 aliphatic rings. The number of allylic oxidation sites excluding steroid dienone is 4. The molecule has 4 fully saturated rings. The lowest BCUT2D eigenvalue weighted by atomic mass is 9.91. The maximum atomic E-state index is 13.1. The number of imidazole rings is 1. The molecule has 458 valence electrons. The Morgan fingerprint density at radius 2 is 1.24 bits per heavy atom. The van der Waals surface area contributed by atoms with Crippen LogP contribution in [0.15, 0.2) is 118 Å². The summed E-state index contributed by atoms with van der Waals surface area (Å²) >= 11 is 7.48. The number of rotatable bonds is 8. The molecule has 6 aromatic rings. The molecule has 4 atom stereocenters. The SMILES string of the molecule is C=C1CCCN1C.CC1=C(C2CCN(C)C2)c2cc(N)ccc2C1.CC1=C(C2CCN(C)C2)c2cc(NS(=O)(=O)c3c(Cl)nc4sccn34)ccc2C1.CC1=C(C2CCN(C)C2=O)c2cc([N+](=O)[O-])ccc2C1.CC1Cc2ccc([N+](=O)[O-])cc2C1=O. The van der Waals surface area contributed by atoms with Gasteiger partial charge in [-0.1, -0.05) is 66.1 Å². The van der Waals surface area contributed by atoms with Crippen molar-refractivity contribution in [3.8, 4) is 0 Å². The number of hydrogen-bond donors (Lipinski definition) is 2. The van der Waals surface area contributed by atoms with Crippen molar-refractivity contribution in [2.45, 2.75) is 90.5 Å². The first-order valence-electron chi connectivity index (χ1n) is 29.7. The van der Waals surface area contributed by atoms with E-state index in [4.69, 9.17) is 17.3 Å². The van der Waals surface area contributed by atoms with Crippen LogP contribution in [-0.4, -0.2) is 126 Å². The van der Waals surface area contributed by atoms with Crippen molar-refractivity contribution < 1.29 is 27.9 Å². The fraction of sp³-hybridized carbons (Fsp3) is 0.409. The van der Waals surface area contributed by atoms with Gasteiger partial charge in [-0.05, 0) is 198 Å². The summed E-state index contributed by atoms with van der Waals surface area (Å²) in [6, 6.07) is 21.7. The van der Waals surface area contributed by atoms with Crippen LogP contribution in [0.2, 0.25) is 5.15 Å². The number of likely N-dealkylation sites (tertiary alicyclic amines) is 4. The van der Waals surface area contributed by atoms with E-state index in [0.717, 1.165) is 85.3 Å². The second-order valence-corrected chi connectivity index (χ2v) is 27.5. The Labute approximate surface area is 518 Å². The Kier molecular flexibility index (Phi) is 18.5. The molecule has 4 aromatic carbocycles. The molecule has 4 saturated heterocycles. The van der Waals surface area contributed by atoms with Gasteiger partial charge in [-0.2, -0.15) is 8.42 Å². The molecular formula is C66H77ClN10O8S2. The van der Waals surface area contributed by atoms with Crippen molar-refractivity contribution in [2.24, 2.45) is 23.7 Å². The zero-order valence-electron chi connectivity index (χ0n) is 50.8. The lowest BCUT2D eigenvalue weighted by Gasteiger charge is -2.16. The second-order valence-electron chi connectivity index (χ2n) is 24.6. The van der Waals surface area contributed by atoms with Crippen LogP contribution in [-0.2, 0) is 40.5 Å². The Morgan fingerprint density at radius 1 is 0.701 bits per heavy atom. The first kappa shape index (κ1) is 62.6. The number of nitrogens with one attached hydrogen (secondary N) is 1. The molecule has 0 saturated carbocycles. The second kappa shape index (κ2) is 25.7. The van der Waals surface area contributed by atoms with Crippen LogP contribution < -0.4 is 10.5 Å². The zero-order chi connectivity index (χ0) is 62.3. The van der Waals surface area contributed by atoms with Crippen LogP contribution in [0, 0.1) is 43.9 Å². The van der Waals surface area contributed by atoms with Gasteiger partial charge in [0.15, 0.2) is 20.9 Å². The van der Waals surface area contributed by atoms with Gasteiger partial charge in [-0.3, -0.25) is 38.9 Å². The van der Waals surface area contributed by atoms with E-state index in [9.17, 15) is 38.2 Å². The van der Waals surface area contributed by atoms with Gasteiger partial charge in [0.25, 0.3) is 21.4 Å². The number of fused-ring (bicyclic) bond motifs is 5. The number of nitro benzene ring substituents is 2. The monoisotopic (exact) mass is 1240 g/mol. The van der Waals surface area contributed by atoms with Gasteiger partial charge in [0.2, 0.25) is 5.91 Å². The number of nitrogens with two attached hydrogens (primary N) is 1. The number of nitrogens with zero attached hydrogens (tertiary/aromatic N) is 8. The van der Waals surface area contributed by atoms with E-state index in [1.165, 1.54) is 112 Å². The topological polar surface area (TPSA) is 223 Å². The van der Waals surface area contributed by atoms with E-state index in [2.05, 4.69) is 78.1 Å². The van der Waals surface area contributed by atoms with E-state index in [-0.39, 0.29) is 50.0 Å². The minimum Gasteiger partial charge on any atom is -0.399 e. The number of Topliss-reactive ketones (excluding diaryl/α,β-unsaturated/α-hetero) is 1. The average molecular weight is 1240 g/mol. The fourth-order valence-electron chi connectivity index (χ4n) is 13.8. The van der Waals surface area contributed by atoms with Gasteiger partial charge >= 0.3 is 0 Å². The maximum Gasteiger partial charge on any atom is 0.281 e. The van der Waals surface area contributed by atoms with Crippen molar-refractivity contribution in [1.82, 2.24) is 29.0 Å². The lowest BCUT2D eigenvalue weighted by molar-refractivity contribution is -0.385. The Hall–Kier alpha value is -7.49. The molecule has 18 nitrogen and oxygen atoms in total. The number of nitrogen functional groups attached to an aromatic ring is 1. The number of nitro groups is 2. The first-order chi connectivity index (χ1) is 41.4. The van der Waals surface area contributed by atoms with E-state index < -0.39 is 14.9 Å². The number of benzene rings is 4. The summed E-state index contributed by atoms with van der Waals surface area (Å²) in [6.45, 7) is 18.7.